The van der Waals surface area contributed by atoms with Crippen molar-refractivity contribution < 1.29 is 13.9 Å². The lowest BCUT2D eigenvalue weighted by atomic mass is 9.86. The van der Waals surface area contributed by atoms with Gasteiger partial charge < -0.3 is 15.8 Å². The fraction of sp³-hybridized carbons (Fsp3) is 0.481. The molecule has 1 amide bonds. The summed E-state index contributed by atoms with van der Waals surface area (Å²) in [5, 5.41) is 7.15. The van der Waals surface area contributed by atoms with Crippen molar-refractivity contribution in [1.29, 1.82) is 0 Å². The van der Waals surface area contributed by atoms with Crippen LogP contribution in [0.15, 0.2) is 29.2 Å². The second-order valence-electron chi connectivity index (χ2n) is 10.1. The quantitative estimate of drug-likeness (QED) is 0.510. The number of pyridine rings is 1. The molecule has 0 spiro atoms. The second-order valence-corrected chi connectivity index (χ2v) is 10.1. The minimum absolute atomic E-state index is 0.0268. The van der Waals surface area contributed by atoms with Crippen molar-refractivity contribution in [2.24, 2.45) is 5.92 Å². The number of carbonyl (C=O) groups is 1. The lowest BCUT2D eigenvalue weighted by Crippen LogP contribution is -2.28. The number of halogens is 1. The Labute approximate surface area is 214 Å². The predicted molar refractivity (Wildman–Crippen MR) is 139 cm³/mol. The van der Waals surface area contributed by atoms with Crippen molar-refractivity contribution in [3.63, 3.8) is 0 Å². The maximum absolute atomic E-state index is 15.5. The number of nitrogens with zero attached hydrogens (tertiary/aromatic N) is 4. The molecule has 3 heterocycles. The number of aryl methyl sites for hydroxylation is 2. The molecule has 1 aliphatic carbocycles. The molecule has 5 rings (SSSR count). The highest BCUT2D eigenvalue weighted by Crippen LogP contribution is 2.32. The van der Waals surface area contributed by atoms with Crippen molar-refractivity contribution in [2.75, 3.05) is 11.1 Å². The van der Waals surface area contributed by atoms with Crippen molar-refractivity contribution >= 4 is 17.4 Å². The summed E-state index contributed by atoms with van der Waals surface area (Å²) in [5.74, 6) is 0.212. The molecule has 196 valence electrons. The Morgan fingerprint density at radius 3 is 2.70 bits per heavy atom. The van der Waals surface area contributed by atoms with Crippen LogP contribution >= 0.6 is 0 Å². The number of nitrogens with two attached hydrogens (primary N) is 1. The van der Waals surface area contributed by atoms with E-state index in [1.165, 1.54) is 18.7 Å². The standard InChI is InChI=1S/C27H33FN6O3/c1-16-12-19(29)15-30-25(16)31-26(35)20-13-21(28)22(34-27(36)33-11-7-6-10-24(33)32-34)14-23(20)37-17(2)18-8-4-3-5-9-18/h12-15,17-18H,3-11,29H2,1-2H3,(H,30,31,35). The zero-order chi connectivity index (χ0) is 26.1. The second kappa shape index (κ2) is 10.4. The molecule has 2 aromatic heterocycles. The summed E-state index contributed by atoms with van der Waals surface area (Å²) < 4.78 is 24.5. The van der Waals surface area contributed by atoms with Crippen LogP contribution in [0.3, 0.4) is 0 Å². The Balaban J connectivity index is 1.53. The third-order valence-electron chi connectivity index (χ3n) is 7.45. The number of aromatic nitrogens is 4. The van der Waals surface area contributed by atoms with E-state index in [1.54, 1.807) is 17.6 Å². The fourth-order valence-corrected chi connectivity index (χ4v) is 5.34. The number of ether oxygens (including phenoxy) is 1. The summed E-state index contributed by atoms with van der Waals surface area (Å²) in [4.78, 5) is 30.6. The number of fused-ring (bicyclic) bond motifs is 1. The average Bonchev–Trinajstić information content (AvgIpc) is 3.23. The van der Waals surface area contributed by atoms with E-state index in [0.717, 1.165) is 49.3 Å². The van der Waals surface area contributed by atoms with E-state index in [9.17, 15) is 9.59 Å². The number of rotatable bonds is 6. The van der Waals surface area contributed by atoms with Gasteiger partial charge in [-0.2, -0.15) is 4.68 Å². The molecule has 1 saturated carbocycles. The molecule has 1 aromatic carbocycles. The first-order valence-electron chi connectivity index (χ1n) is 13.0. The van der Waals surface area contributed by atoms with Gasteiger partial charge in [0.15, 0.2) is 0 Å². The van der Waals surface area contributed by atoms with Crippen LogP contribution < -0.4 is 21.5 Å². The molecule has 1 atom stereocenters. The Morgan fingerprint density at radius 1 is 1.19 bits per heavy atom. The lowest BCUT2D eigenvalue weighted by molar-refractivity contribution is 0.0996. The van der Waals surface area contributed by atoms with E-state index in [1.807, 2.05) is 6.92 Å². The highest BCUT2D eigenvalue weighted by atomic mass is 19.1. The molecular weight excluding hydrogens is 475 g/mol. The third-order valence-corrected chi connectivity index (χ3v) is 7.45. The molecule has 9 nitrogen and oxygen atoms in total. The largest absolute Gasteiger partial charge is 0.490 e. The third kappa shape index (κ3) is 5.10. The number of hydrogen-bond donors (Lipinski definition) is 2. The number of nitrogen functional groups attached to an aromatic ring is 1. The molecule has 2 aliphatic rings. The van der Waals surface area contributed by atoms with Gasteiger partial charge in [0.25, 0.3) is 5.91 Å². The molecule has 1 unspecified atom stereocenters. The first kappa shape index (κ1) is 25.0. The van der Waals surface area contributed by atoms with E-state index < -0.39 is 17.4 Å². The topological polar surface area (TPSA) is 117 Å². The molecule has 0 radical (unpaired) electrons. The minimum Gasteiger partial charge on any atom is -0.490 e. The SMILES string of the molecule is Cc1cc(N)cnc1NC(=O)c1cc(F)c(-n2nc3n(c2=O)CCCC3)cc1OC(C)C1CCCCC1. The summed E-state index contributed by atoms with van der Waals surface area (Å²) in [7, 11) is 0. The fourth-order valence-electron chi connectivity index (χ4n) is 5.34. The van der Waals surface area contributed by atoms with Crippen molar-refractivity contribution in [3.8, 4) is 11.4 Å². The molecule has 1 aliphatic heterocycles. The molecule has 1 fully saturated rings. The summed E-state index contributed by atoms with van der Waals surface area (Å²) in [6, 6.07) is 4.24. The number of nitrogens with one attached hydrogen (secondary N) is 1. The molecule has 3 N–H and O–H groups in total. The van der Waals surface area contributed by atoms with Gasteiger partial charge in [-0.3, -0.25) is 9.36 Å². The minimum atomic E-state index is -0.734. The Kier molecular flexibility index (Phi) is 6.99. The van der Waals surface area contributed by atoms with Crippen molar-refractivity contribution in [1.82, 2.24) is 19.3 Å². The number of hydrogen-bond acceptors (Lipinski definition) is 6. The van der Waals surface area contributed by atoms with Gasteiger partial charge in [0.1, 0.15) is 28.9 Å². The monoisotopic (exact) mass is 508 g/mol. The van der Waals surface area contributed by atoms with Gasteiger partial charge in [-0.05, 0) is 63.1 Å². The van der Waals surface area contributed by atoms with Crippen molar-refractivity contribution in [3.05, 3.63) is 57.6 Å². The molecule has 0 saturated heterocycles. The van der Waals surface area contributed by atoms with Gasteiger partial charge in [-0.15, -0.1) is 5.10 Å². The Bertz CT molecular complexity index is 1380. The predicted octanol–water partition coefficient (Wildman–Crippen LogP) is 4.39. The van der Waals surface area contributed by atoms with Crippen LogP contribution in [-0.4, -0.2) is 31.3 Å². The highest BCUT2D eigenvalue weighted by molar-refractivity contribution is 6.06. The van der Waals surface area contributed by atoms with E-state index >= 15 is 4.39 Å². The van der Waals surface area contributed by atoms with Crippen LogP contribution in [0.1, 0.15) is 73.6 Å². The van der Waals surface area contributed by atoms with Crippen LogP contribution in [0.2, 0.25) is 0 Å². The van der Waals surface area contributed by atoms with Gasteiger partial charge in [0, 0.05) is 19.0 Å². The van der Waals surface area contributed by atoms with Gasteiger partial charge in [0.05, 0.1) is 23.6 Å². The summed E-state index contributed by atoms with van der Waals surface area (Å²) in [5.41, 5.74) is 6.54. The molecule has 0 bridgehead atoms. The zero-order valence-electron chi connectivity index (χ0n) is 21.3. The van der Waals surface area contributed by atoms with Crippen LogP contribution in [0, 0.1) is 18.7 Å². The van der Waals surface area contributed by atoms with Gasteiger partial charge >= 0.3 is 5.69 Å². The number of benzene rings is 1. The summed E-state index contributed by atoms with van der Waals surface area (Å²) in [6.07, 6.45) is 9.30. The highest BCUT2D eigenvalue weighted by Gasteiger charge is 2.27. The van der Waals surface area contributed by atoms with Crippen LogP contribution in [0.25, 0.3) is 5.69 Å². The van der Waals surface area contributed by atoms with Gasteiger partial charge in [-0.1, -0.05) is 19.3 Å². The molecular formula is C27H33FN6O3. The average molecular weight is 509 g/mol. The number of amides is 1. The normalized spacial score (nSPS) is 16.7. The lowest BCUT2D eigenvalue weighted by Gasteiger charge is -2.29. The number of anilines is 2. The zero-order valence-corrected chi connectivity index (χ0v) is 21.3. The molecule has 3 aromatic rings. The van der Waals surface area contributed by atoms with E-state index in [-0.39, 0.29) is 23.1 Å². The van der Waals surface area contributed by atoms with E-state index in [0.29, 0.717) is 41.8 Å². The van der Waals surface area contributed by atoms with Crippen molar-refractivity contribution in [2.45, 2.75) is 77.9 Å². The van der Waals surface area contributed by atoms with Gasteiger partial charge in [-0.25, -0.2) is 14.2 Å². The van der Waals surface area contributed by atoms with Gasteiger partial charge in [0.2, 0.25) is 0 Å². The van der Waals surface area contributed by atoms with E-state index in [2.05, 4.69) is 15.4 Å². The molecule has 10 heteroatoms. The maximum atomic E-state index is 15.5. The Morgan fingerprint density at radius 2 is 1.97 bits per heavy atom. The van der Waals surface area contributed by atoms with Crippen LogP contribution in [0.4, 0.5) is 15.9 Å². The maximum Gasteiger partial charge on any atom is 0.350 e. The summed E-state index contributed by atoms with van der Waals surface area (Å²) >= 11 is 0. The molecule has 37 heavy (non-hydrogen) atoms. The first-order valence-corrected chi connectivity index (χ1v) is 13.0. The smallest absolute Gasteiger partial charge is 0.350 e. The van der Waals surface area contributed by atoms with Crippen LogP contribution in [-0.2, 0) is 13.0 Å². The Hall–Kier alpha value is -3.69. The summed E-state index contributed by atoms with van der Waals surface area (Å²) in [6.45, 7) is 4.32. The van der Waals surface area contributed by atoms with Crippen LogP contribution in [0.5, 0.6) is 5.75 Å². The first-order chi connectivity index (χ1) is 17.8. The number of carbonyl (C=O) groups excluding carboxylic acids is 1. The van der Waals surface area contributed by atoms with E-state index in [4.69, 9.17) is 10.5 Å².